The van der Waals surface area contributed by atoms with E-state index in [0.29, 0.717) is 19.4 Å². The number of hydrogen-bond acceptors (Lipinski definition) is 7. The Kier molecular flexibility index (Phi) is 18.5. The molecule has 0 aromatic heterocycles. The molecule has 0 saturated heterocycles. The Labute approximate surface area is 342 Å². The summed E-state index contributed by atoms with van der Waals surface area (Å²) in [6.45, 7) is 42.1. The van der Waals surface area contributed by atoms with Gasteiger partial charge in [0.05, 0.1) is 37.6 Å². The zero-order chi connectivity index (χ0) is 41.6. The maximum Gasteiger partial charge on any atom is 0.193 e. The molecule has 11 heteroatoms. The Morgan fingerprint density at radius 1 is 0.811 bits per heavy atom. The summed E-state index contributed by atoms with van der Waals surface area (Å²) in [6, 6.07) is 7.93. The molecule has 6 atom stereocenters. The van der Waals surface area contributed by atoms with Gasteiger partial charge in [0.15, 0.2) is 30.7 Å². The van der Waals surface area contributed by atoms with Crippen molar-refractivity contribution < 1.29 is 32.7 Å². The maximum atomic E-state index is 14.8. The van der Waals surface area contributed by atoms with Gasteiger partial charge in [-0.1, -0.05) is 104 Å². The van der Waals surface area contributed by atoms with Crippen LogP contribution in [0.4, 0.5) is 0 Å². The van der Waals surface area contributed by atoms with E-state index in [-0.39, 0.29) is 39.3 Å². The summed E-state index contributed by atoms with van der Waals surface area (Å²) >= 11 is 2.25. The van der Waals surface area contributed by atoms with Crippen LogP contribution in [0.5, 0.6) is 5.75 Å². The van der Waals surface area contributed by atoms with E-state index in [2.05, 4.69) is 152 Å². The molecule has 0 radical (unpaired) electrons. The van der Waals surface area contributed by atoms with Crippen LogP contribution in [0.3, 0.4) is 0 Å². The van der Waals surface area contributed by atoms with Gasteiger partial charge in [0.1, 0.15) is 11.9 Å². The van der Waals surface area contributed by atoms with Crippen LogP contribution >= 0.6 is 22.6 Å². The predicted octanol–water partition coefficient (Wildman–Crippen LogP) is 12.2. The van der Waals surface area contributed by atoms with Gasteiger partial charge in [-0.15, -0.1) is 0 Å². The first kappa shape index (κ1) is 50.6. The average molecular weight is 907 g/mol. The number of aliphatic hydroxyl groups excluding tert-OH is 1. The third-order valence-electron chi connectivity index (χ3n) is 12.4. The lowest BCUT2D eigenvalue weighted by Crippen LogP contribution is -2.56. The van der Waals surface area contributed by atoms with E-state index in [0.717, 1.165) is 16.9 Å². The van der Waals surface area contributed by atoms with E-state index in [4.69, 9.17) is 22.8 Å². The summed E-state index contributed by atoms with van der Waals surface area (Å²) < 4.78 is 35.2. The summed E-state index contributed by atoms with van der Waals surface area (Å²) in [4.78, 5) is 14.8. The normalized spacial score (nSPS) is 18.2. The molecule has 0 amide bonds. The highest BCUT2D eigenvalue weighted by Gasteiger charge is 2.49. The Morgan fingerprint density at radius 3 is 1.72 bits per heavy atom. The maximum absolute atomic E-state index is 14.8. The Hall–Kier alpha value is -0.389. The van der Waals surface area contributed by atoms with Crippen LogP contribution < -0.4 is 4.74 Å². The van der Waals surface area contributed by atoms with Crippen molar-refractivity contribution in [1.29, 1.82) is 0 Å². The molecule has 0 heterocycles. The van der Waals surface area contributed by atoms with Crippen molar-refractivity contribution in [1.82, 2.24) is 0 Å². The molecular weight excluding hydrogens is 828 g/mol. The molecule has 308 valence electrons. The molecule has 0 spiro atoms. The van der Waals surface area contributed by atoms with Gasteiger partial charge in [0.25, 0.3) is 0 Å². The van der Waals surface area contributed by atoms with Crippen molar-refractivity contribution >= 4 is 53.3 Å². The number of Topliss-reactive ketones (excluding diaryl/α,β-unsaturated/α-hetero) is 1. The van der Waals surface area contributed by atoms with Gasteiger partial charge in [-0.2, -0.15) is 0 Å². The summed E-state index contributed by atoms with van der Waals surface area (Å²) in [6.07, 6.45) is -1.42. The number of methoxy groups -OCH3 is 1. The minimum Gasteiger partial charge on any atom is -0.497 e. The van der Waals surface area contributed by atoms with Gasteiger partial charge in [-0.3, -0.25) is 4.79 Å². The smallest absolute Gasteiger partial charge is 0.193 e. The second-order valence-electron chi connectivity index (χ2n) is 20.2. The molecule has 0 saturated carbocycles. The monoisotopic (exact) mass is 906 g/mol. The molecule has 53 heavy (non-hydrogen) atoms. The molecule has 0 aliphatic rings. The number of ether oxygens (including phenoxy) is 2. The molecule has 1 aromatic rings. The lowest BCUT2D eigenvalue weighted by Gasteiger charge is -2.47. The summed E-state index contributed by atoms with van der Waals surface area (Å²) in [5.41, 5.74) is 1.39. The van der Waals surface area contributed by atoms with Crippen LogP contribution in [-0.4, -0.2) is 73.0 Å². The van der Waals surface area contributed by atoms with Gasteiger partial charge in [-0.25, -0.2) is 0 Å². The number of carbonyl (C=O) groups is 1. The standard InChI is InChI=1S/C42H79IO7Si3/c1-30(25-32(3)47-29-33-21-23-35(46-14)24-22-33)37(48-51(15,16)39(4,5)6)38(49-52(17,18)40(7,8)9)36(45)26-34(44)27-42(13,31(2)28-43)50-53(19,20)41(10,11)12/h21-24,28,30,32,34,37-38,44H,25-27,29H2,1-20H3/b31-28+/t30-,32+,34-,37+,38+,42-/m1/s1. The molecule has 1 aromatic carbocycles. The van der Waals surface area contributed by atoms with E-state index >= 15 is 0 Å². The van der Waals surface area contributed by atoms with Crippen molar-refractivity contribution in [3.63, 3.8) is 0 Å². The molecule has 0 unspecified atom stereocenters. The molecule has 0 bridgehead atoms. The van der Waals surface area contributed by atoms with Gasteiger partial charge in [0.2, 0.25) is 0 Å². The van der Waals surface area contributed by atoms with Crippen molar-refractivity contribution in [2.24, 2.45) is 5.92 Å². The van der Waals surface area contributed by atoms with E-state index in [1.807, 2.05) is 28.3 Å². The fourth-order valence-electron chi connectivity index (χ4n) is 5.47. The van der Waals surface area contributed by atoms with Crippen LogP contribution in [-0.2, 0) is 29.4 Å². The van der Waals surface area contributed by atoms with Gasteiger partial charge >= 0.3 is 0 Å². The zero-order valence-corrected chi connectivity index (χ0v) is 42.5. The Balaban J connectivity index is 3.61. The number of halogens is 1. The number of benzene rings is 1. The number of carbonyl (C=O) groups excluding carboxylic acids is 1. The molecule has 0 aliphatic carbocycles. The van der Waals surface area contributed by atoms with Crippen LogP contribution in [0, 0.1) is 5.92 Å². The summed E-state index contributed by atoms with van der Waals surface area (Å²) in [7, 11) is -5.43. The first-order valence-corrected chi connectivity index (χ1v) is 29.5. The van der Waals surface area contributed by atoms with Crippen molar-refractivity contribution in [2.75, 3.05) is 7.11 Å². The molecule has 7 nitrogen and oxygen atoms in total. The second kappa shape index (κ2) is 19.4. The third-order valence-corrected chi connectivity index (χ3v) is 26.8. The van der Waals surface area contributed by atoms with Crippen molar-refractivity contribution in [3.05, 3.63) is 39.5 Å². The van der Waals surface area contributed by atoms with Crippen molar-refractivity contribution in [2.45, 2.75) is 200 Å². The van der Waals surface area contributed by atoms with Crippen LogP contribution in [0.1, 0.15) is 115 Å². The van der Waals surface area contributed by atoms with Crippen LogP contribution in [0.2, 0.25) is 54.4 Å². The molecular formula is C42H79IO7Si3. The van der Waals surface area contributed by atoms with E-state index in [1.54, 1.807) is 7.11 Å². The Bertz CT molecular complexity index is 1330. The zero-order valence-electron chi connectivity index (χ0n) is 37.4. The van der Waals surface area contributed by atoms with Gasteiger partial charge in [0, 0.05) is 12.8 Å². The predicted molar refractivity (Wildman–Crippen MR) is 240 cm³/mol. The second-order valence-corrected chi connectivity index (χ2v) is 35.1. The average Bonchev–Trinajstić information content (AvgIpc) is 2.99. The van der Waals surface area contributed by atoms with Crippen molar-refractivity contribution in [3.8, 4) is 5.75 Å². The van der Waals surface area contributed by atoms with E-state index in [9.17, 15) is 9.90 Å². The number of hydrogen-bond donors (Lipinski definition) is 1. The van der Waals surface area contributed by atoms with Gasteiger partial charge in [-0.05, 0) is 115 Å². The lowest BCUT2D eigenvalue weighted by atomic mass is 9.87. The van der Waals surface area contributed by atoms with E-state index in [1.165, 1.54) is 0 Å². The third kappa shape index (κ3) is 14.8. The summed E-state index contributed by atoms with van der Waals surface area (Å²) in [5, 5.41) is 11.6. The number of aliphatic hydroxyl groups is 1. The fraction of sp³-hybridized carbons (Fsp3) is 0.786. The molecule has 1 rings (SSSR count). The SMILES string of the molecule is COc1ccc(CO[C@@H](C)C[C@@H](C)[C@H](O[Si](C)(C)C(C)(C)C)[C@@H](O[Si](C)(C)C(C)(C)C)C(=O)C[C@@H](O)C[C@@](C)(O[Si](C)(C)C(C)(C)C)/C(C)=C/I)cc1. The Morgan fingerprint density at radius 2 is 1.28 bits per heavy atom. The molecule has 1 N–H and O–H groups in total. The summed E-state index contributed by atoms with van der Waals surface area (Å²) in [5.74, 6) is 0.630. The van der Waals surface area contributed by atoms with Gasteiger partial charge < -0.3 is 27.9 Å². The minimum atomic E-state index is -2.48. The topological polar surface area (TPSA) is 83.5 Å². The van der Waals surface area contributed by atoms with Crippen LogP contribution in [0.25, 0.3) is 0 Å². The van der Waals surface area contributed by atoms with E-state index < -0.39 is 48.9 Å². The highest BCUT2D eigenvalue weighted by Crippen LogP contribution is 2.44. The lowest BCUT2D eigenvalue weighted by molar-refractivity contribution is -0.136. The van der Waals surface area contributed by atoms with Crippen LogP contribution in [0.15, 0.2) is 33.9 Å². The molecule has 0 fully saturated rings. The first-order chi connectivity index (χ1) is 23.7. The highest BCUT2D eigenvalue weighted by atomic mass is 127. The minimum absolute atomic E-state index is 0.0113. The quantitative estimate of drug-likeness (QED) is 0.103. The fourth-order valence-corrected chi connectivity index (χ4v) is 10.5. The molecule has 0 aliphatic heterocycles. The highest BCUT2D eigenvalue weighted by molar-refractivity contribution is 14.1. The first-order valence-electron chi connectivity index (χ1n) is 19.5. The number of ketones is 1. The number of rotatable bonds is 20. The largest absolute Gasteiger partial charge is 0.497 e.